The third-order valence-corrected chi connectivity index (χ3v) is 1.97. The maximum Gasteiger partial charge on any atom is 0.0636 e. The van der Waals surface area contributed by atoms with Crippen LogP contribution in [0.1, 0.15) is 5.56 Å². The van der Waals surface area contributed by atoms with Crippen LogP contribution in [0.3, 0.4) is 0 Å². The fraction of sp³-hybridized carbons (Fsp3) is 0.273. The molecule has 3 heteroatoms. The van der Waals surface area contributed by atoms with Gasteiger partial charge in [-0.25, -0.2) is 0 Å². The summed E-state index contributed by atoms with van der Waals surface area (Å²) in [7, 11) is 3.95. The molecule has 2 nitrogen and oxygen atoms in total. The second kappa shape index (κ2) is 4.90. The number of anilines is 1. The zero-order valence-corrected chi connectivity index (χ0v) is 9.10. The number of rotatable bonds is 1. The predicted molar refractivity (Wildman–Crippen MR) is 61.3 cm³/mol. The Morgan fingerprint density at radius 3 is 2.71 bits per heavy atom. The fourth-order valence-electron chi connectivity index (χ4n) is 0.921. The number of nitrogen functional groups attached to an aromatic ring is 1. The number of halogens is 1. The summed E-state index contributed by atoms with van der Waals surface area (Å²) in [6.07, 6.45) is 0. The maximum absolute atomic E-state index is 5.78. The van der Waals surface area contributed by atoms with Gasteiger partial charge in [-0.15, -0.1) is 0 Å². The Kier molecular flexibility index (Phi) is 3.82. The highest BCUT2D eigenvalue weighted by molar-refractivity contribution is 6.33. The Bertz CT molecular complexity index is 375. The standard InChI is InChI=1S/C11H13ClN2/c1-14(2)7-3-4-9-5-6-10(12)11(13)8-9/h5-6,8H,7,13H2,1-2H3. The lowest BCUT2D eigenvalue weighted by Gasteiger charge is -2.01. The molecule has 0 bridgehead atoms. The van der Waals surface area contributed by atoms with Crippen molar-refractivity contribution in [3.05, 3.63) is 28.8 Å². The largest absolute Gasteiger partial charge is 0.397 e. The first-order valence-electron chi connectivity index (χ1n) is 4.28. The molecule has 1 aromatic rings. The maximum atomic E-state index is 5.78. The second-order valence-electron chi connectivity index (χ2n) is 3.28. The molecular formula is C11H13ClN2. The molecule has 0 aliphatic rings. The molecular weight excluding hydrogens is 196 g/mol. The summed E-state index contributed by atoms with van der Waals surface area (Å²) in [5.41, 5.74) is 7.11. The number of nitrogens with two attached hydrogens (primary N) is 1. The van der Waals surface area contributed by atoms with Crippen LogP contribution in [-0.4, -0.2) is 25.5 Å². The first-order valence-corrected chi connectivity index (χ1v) is 4.66. The summed E-state index contributed by atoms with van der Waals surface area (Å²) in [6.45, 7) is 0.739. The normalized spacial score (nSPS) is 9.71. The van der Waals surface area contributed by atoms with Crippen molar-refractivity contribution in [1.82, 2.24) is 4.90 Å². The molecule has 1 rings (SSSR count). The summed E-state index contributed by atoms with van der Waals surface area (Å²) < 4.78 is 0. The first kappa shape index (κ1) is 10.9. The molecule has 0 heterocycles. The zero-order chi connectivity index (χ0) is 10.6. The molecule has 0 aliphatic carbocycles. The van der Waals surface area contributed by atoms with Gasteiger partial charge in [-0.05, 0) is 32.3 Å². The van der Waals surface area contributed by atoms with Crippen LogP contribution in [0.2, 0.25) is 5.02 Å². The van der Waals surface area contributed by atoms with Gasteiger partial charge in [0, 0.05) is 5.56 Å². The lowest BCUT2D eigenvalue weighted by atomic mass is 10.2. The van der Waals surface area contributed by atoms with Crippen molar-refractivity contribution < 1.29 is 0 Å². The van der Waals surface area contributed by atoms with Crippen molar-refractivity contribution in [2.45, 2.75) is 0 Å². The molecule has 0 saturated carbocycles. The summed E-state index contributed by atoms with van der Waals surface area (Å²) in [4.78, 5) is 2.01. The second-order valence-corrected chi connectivity index (χ2v) is 3.68. The minimum atomic E-state index is 0.572. The van der Waals surface area contributed by atoms with Crippen LogP contribution in [0.4, 0.5) is 5.69 Å². The summed E-state index contributed by atoms with van der Waals surface area (Å²) in [6, 6.07) is 5.41. The van der Waals surface area contributed by atoms with Crippen molar-refractivity contribution in [3.8, 4) is 11.8 Å². The highest BCUT2D eigenvalue weighted by Crippen LogP contribution is 2.18. The predicted octanol–water partition coefficient (Wildman–Crippen LogP) is 1.84. The van der Waals surface area contributed by atoms with Crippen LogP contribution in [-0.2, 0) is 0 Å². The van der Waals surface area contributed by atoms with E-state index in [0.29, 0.717) is 10.7 Å². The average molecular weight is 209 g/mol. The van der Waals surface area contributed by atoms with Crippen molar-refractivity contribution >= 4 is 17.3 Å². The summed E-state index contributed by atoms with van der Waals surface area (Å²) in [5, 5.41) is 0.572. The molecule has 2 N–H and O–H groups in total. The van der Waals surface area contributed by atoms with Crippen molar-refractivity contribution in [3.63, 3.8) is 0 Å². The van der Waals surface area contributed by atoms with Crippen molar-refractivity contribution in [2.24, 2.45) is 0 Å². The Balaban J connectivity index is 2.76. The quantitative estimate of drug-likeness (QED) is 0.564. The lowest BCUT2D eigenvalue weighted by molar-refractivity contribution is 0.464. The number of benzene rings is 1. The molecule has 0 fully saturated rings. The van der Waals surface area contributed by atoms with Gasteiger partial charge in [-0.1, -0.05) is 23.4 Å². The van der Waals surface area contributed by atoms with Gasteiger partial charge >= 0.3 is 0 Å². The van der Waals surface area contributed by atoms with Crippen LogP contribution in [0.15, 0.2) is 18.2 Å². The van der Waals surface area contributed by atoms with Gasteiger partial charge in [-0.2, -0.15) is 0 Å². The van der Waals surface area contributed by atoms with Crippen LogP contribution in [0.25, 0.3) is 0 Å². The van der Waals surface area contributed by atoms with Crippen molar-refractivity contribution in [2.75, 3.05) is 26.4 Å². The molecule has 0 saturated heterocycles. The highest BCUT2D eigenvalue weighted by Gasteiger charge is 1.94. The third kappa shape index (κ3) is 3.29. The third-order valence-electron chi connectivity index (χ3n) is 1.62. The van der Waals surface area contributed by atoms with Gasteiger partial charge in [0.2, 0.25) is 0 Å². The van der Waals surface area contributed by atoms with Crippen molar-refractivity contribution in [1.29, 1.82) is 0 Å². The molecule has 0 amide bonds. The topological polar surface area (TPSA) is 29.3 Å². The first-order chi connectivity index (χ1) is 6.59. The molecule has 74 valence electrons. The van der Waals surface area contributed by atoms with E-state index in [0.717, 1.165) is 12.1 Å². The SMILES string of the molecule is CN(C)CC#Cc1ccc(Cl)c(N)c1. The molecule has 0 radical (unpaired) electrons. The van der Waals surface area contributed by atoms with Gasteiger partial charge in [0.1, 0.15) is 0 Å². The number of hydrogen-bond acceptors (Lipinski definition) is 2. The van der Waals surface area contributed by atoms with E-state index in [1.807, 2.05) is 25.1 Å². The Hall–Kier alpha value is -1.17. The Morgan fingerprint density at radius 1 is 1.43 bits per heavy atom. The average Bonchev–Trinajstić information content (AvgIpc) is 2.10. The molecule has 0 atom stereocenters. The highest BCUT2D eigenvalue weighted by atomic mass is 35.5. The van der Waals surface area contributed by atoms with Gasteiger partial charge in [-0.3, -0.25) is 4.90 Å². The smallest absolute Gasteiger partial charge is 0.0636 e. The lowest BCUT2D eigenvalue weighted by Crippen LogP contribution is -2.10. The van der Waals surface area contributed by atoms with E-state index in [1.54, 1.807) is 12.1 Å². The minimum Gasteiger partial charge on any atom is -0.397 e. The molecule has 0 aromatic heterocycles. The van der Waals surface area contributed by atoms with Crippen LogP contribution in [0.5, 0.6) is 0 Å². The van der Waals surface area contributed by atoms with E-state index in [1.165, 1.54) is 0 Å². The van der Waals surface area contributed by atoms with Crippen LogP contribution in [0, 0.1) is 11.8 Å². The number of nitrogens with zero attached hydrogens (tertiary/aromatic N) is 1. The van der Waals surface area contributed by atoms with Crippen LogP contribution >= 0.6 is 11.6 Å². The van der Waals surface area contributed by atoms with Crippen LogP contribution < -0.4 is 5.73 Å². The molecule has 0 spiro atoms. The zero-order valence-electron chi connectivity index (χ0n) is 8.34. The van der Waals surface area contributed by atoms with Gasteiger partial charge < -0.3 is 5.73 Å². The van der Waals surface area contributed by atoms with E-state index in [-0.39, 0.29) is 0 Å². The van der Waals surface area contributed by atoms with Gasteiger partial charge in [0.05, 0.1) is 17.3 Å². The fourth-order valence-corrected chi connectivity index (χ4v) is 1.04. The molecule has 1 aromatic carbocycles. The van der Waals surface area contributed by atoms with E-state index in [4.69, 9.17) is 17.3 Å². The van der Waals surface area contributed by atoms with Gasteiger partial charge in [0.25, 0.3) is 0 Å². The molecule has 14 heavy (non-hydrogen) atoms. The van der Waals surface area contributed by atoms with E-state index in [2.05, 4.69) is 11.8 Å². The molecule has 0 unspecified atom stereocenters. The molecule has 0 aliphatic heterocycles. The van der Waals surface area contributed by atoms with E-state index in [9.17, 15) is 0 Å². The van der Waals surface area contributed by atoms with E-state index < -0.39 is 0 Å². The number of hydrogen-bond donors (Lipinski definition) is 1. The van der Waals surface area contributed by atoms with Gasteiger partial charge in [0.15, 0.2) is 0 Å². The van der Waals surface area contributed by atoms with E-state index >= 15 is 0 Å². The Labute approximate surface area is 89.7 Å². The summed E-state index contributed by atoms with van der Waals surface area (Å²) >= 11 is 5.78. The monoisotopic (exact) mass is 208 g/mol. The minimum absolute atomic E-state index is 0.572. The Morgan fingerprint density at radius 2 is 2.14 bits per heavy atom. The summed E-state index contributed by atoms with van der Waals surface area (Å²) in [5.74, 6) is 6.04.